The third-order valence-electron chi connectivity index (χ3n) is 6.50. The van der Waals surface area contributed by atoms with E-state index in [1.54, 1.807) is 56.3 Å². The Morgan fingerprint density at radius 3 is 2.35 bits per heavy atom. The van der Waals surface area contributed by atoms with E-state index >= 15 is 0 Å². The number of halogens is 5. The molecule has 0 radical (unpaired) electrons. The summed E-state index contributed by atoms with van der Waals surface area (Å²) in [4.78, 5) is 15.9. The molecule has 11 heteroatoms. The Balaban J connectivity index is 1.96. The molecule has 0 aromatic heterocycles. The number of aliphatic hydroxyl groups is 1. The Labute approximate surface area is 222 Å². The molecule has 0 spiro atoms. The van der Waals surface area contributed by atoms with Gasteiger partial charge < -0.3 is 14.6 Å². The number of carbonyl (C=O) groups excluding carboxylic acids is 1. The van der Waals surface area contributed by atoms with Crippen LogP contribution >= 0.6 is 23.2 Å². The normalized spacial score (nSPS) is 28.0. The quantitative estimate of drug-likeness (QED) is 0.408. The number of nitrogens with zero attached hydrogens (tertiary/aromatic N) is 2. The minimum absolute atomic E-state index is 0.00729. The zero-order valence-corrected chi connectivity index (χ0v) is 21.7. The topological polar surface area (TPSA) is 62.2 Å². The van der Waals surface area contributed by atoms with Gasteiger partial charge in [-0.3, -0.25) is 9.80 Å². The zero-order chi connectivity index (χ0) is 27.2. The first kappa shape index (κ1) is 27.3. The van der Waals surface area contributed by atoms with Crippen molar-refractivity contribution in [1.82, 2.24) is 4.90 Å². The second-order valence-electron chi connectivity index (χ2n) is 9.33. The van der Waals surface area contributed by atoms with E-state index < -0.39 is 34.3 Å². The van der Waals surface area contributed by atoms with E-state index in [1.807, 2.05) is 0 Å². The van der Waals surface area contributed by atoms with Crippen molar-refractivity contribution in [3.05, 3.63) is 83.0 Å². The van der Waals surface area contributed by atoms with Gasteiger partial charge in [-0.05, 0) is 62.7 Å². The highest BCUT2D eigenvalue weighted by Crippen LogP contribution is 2.52. The Bertz CT molecular complexity index is 1250. The molecule has 3 atom stereocenters. The molecule has 37 heavy (non-hydrogen) atoms. The highest BCUT2D eigenvalue weighted by Gasteiger charge is 2.67. The van der Waals surface area contributed by atoms with Gasteiger partial charge in [0, 0.05) is 29.1 Å². The van der Waals surface area contributed by atoms with Crippen LogP contribution in [0.2, 0.25) is 5.02 Å². The van der Waals surface area contributed by atoms with Gasteiger partial charge in [0.15, 0.2) is 5.72 Å². The largest absolute Gasteiger partial charge is 0.573 e. The van der Waals surface area contributed by atoms with Gasteiger partial charge in [-0.25, -0.2) is 4.79 Å². The Morgan fingerprint density at radius 2 is 1.78 bits per heavy atom. The molecule has 1 fully saturated rings. The number of ether oxygens (including phenoxy) is 2. The summed E-state index contributed by atoms with van der Waals surface area (Å²) in [6.07, 6.45) is 0.397. The van der Waals surface area contributed by atoms with Crippen LogP contribution in [-0.2, 0) is 10.5 Å². The van der Waals surface area contributed by atoms with Crippen LogP contribution < -0.4 is 9.64 Å². The number of hydrogen-bond acceptors (Lipinski definition) is 4. The number of hydrogen-bond donors (Lipinski definition) is 1. The number of urea groups is 1. The van der Waals surface area contributed by atoms with E-state index in [0.717, 1.165) is 17.0 Å². The summed E-state index contributed by atoms with van der Waals surface area (Å²) in [6, 6.07) is 10.7. The summed E-state index contributed by atoms with van der Waals surface area (Å²) in [5.74, 6) is -0.544. The standard InChI is InChI=1S/C26H25Cl2F3N2O4/c1-23(28)13-11-20(12-14-23)33-22(34)32(19-9-7-18(27)8-10-19)24(2,16-36-3)25(33,35)17-5-4-6-21(15-17)37-26(29,30)31/h4-13,15,35H,14,16H2,1-3H3. The van der Waals surface area contributed by atoms with E-state index in [9.17, 15) is 23.1 Å². The third-order valence-corrected chi connectivity index (χ3v) is 7.03. The van der Waals surface area contributed by atoms with Crippen LogP contribution in [0.25, 0.3) is 0 Å². The van der Waals surface area contributed by atoms with Gasteiger partial charge in [0.1, 0.15) is 11.3 Å². The van der Waals surface area contributed by atoms with Gasteiger partial charge >= 0.3 is 12.4 Å². The van der Waals surface area contributed by atoms with Crippen molar-refractivity contribution in [2.45, 2.75) is 42.8 Å². The highest BCUT2D eigenvalue weighted by molar-refractivity contribution is 6.30. The van der Waals surface area contributed by atoms with Crippen molar-refractivity contribution in [1.29, 1.82) is 0 Å². The molecule has 0 saturated carbocycles. The minimum Gasteiger partial charge on any atom is -0.406 e. The minimum atomic E-state index is -4.95. The molecule has 2 aliphatic rings. The fraction of sp³-hybridized carbons (Fsp3) is 0.346. The van der Waals surface area contributed by atoms with Crippen LogP contribution in [0.15, 0.2) is 72.5 Å². The lowest BCUT2D eigenvalue weighted by molar-refractivity contribution is -0.274. The number of anilines is 1. The lowest BCUT2D eigenvalue weighted by Crippen LogP contribution is -2.60. The van der Waals surface area contributed by atoms with Crippen LogP contribution in [0, 0.1) is 0 Å². The molecule has 3 unspecified atom stereocenters. The van der Waals surface area contributed by atoms with Gasteiger partial charge in [0.25, 0.3) is 0 Å². The fourth-order valence-corrected chi connectivity index (χ4v) is 5.06. The molecule has 198 valence electrons. The summed E-state index contributed by atoms with van der Waals surface area (Å²) < 4.78 is 48.6. The maximum Gasteiger partial charge on any atom is 0.573 e. The highest BCUT2D eigenvalue weighted by atomic mass is 35.5. The van der Waals surface area contributed by atoms with Crippen LogP contribution in [0.4, 0.5) is 23.7 Å². The number of allylic oxidation sites excluding steroid dienone is 3. The zero-order valence-electron chi connectivity index (χ0n) is 20.2. The smallest absolute Gasteiger partial charge is 0.406 e. The average Bonchev–Trinajstić information content (AvgIpc) is 2.97. The summed E-state index contributed by atoms with van der Waals surface area (Å²) in [6.45, 7) is 3.21. The van der Waals surface area contributed by atoms with E-state index in [0.29, 0.717) is 22.8 Å². The van der Waals surface area contributed by atoms with E-state index in [-0.39, 0.29) is 12.2 Å². The first-order valence-electron chi connectivity index (χ1n) is 11.3. The lowest BCUT2D eigenvalue weighted by atomic mass is 9.82. The van der Waals surface area contributed by atoms with Crippen molar-refractivity contribution in [2.24, 2.45) is 0 Å². The van der Waals surface area contributed by atoms with Crippen molar-refractivity contribution >= 4 is 34.9 Å². The number of rotatable bonds is 6. The average molecular weight is 557 g/mol. The second kappa shape index (κ2) is 9.54. The summed E-state index contributed by atoms with van der Waals surface area (Å²) in [5, 5.41) is 13.0. The molecule has 6 nitrogen and oxygen atoms in total. The van der Waals surface area contributed by atoms with Gasteiger partial charge in [0.2, 0.25) is 0 Å². The number of methoxy groups -OCH3 is 1. The molecule has 1 aliphatic carbocycles. The van der Waals surface area contributed by atoms with Gasteiger partial charge in [-0.2, -0.15) is 0 Å². The molecule has 1 heterocycles. The summed E-state index contributed by atoms with van der Waals surface area (Å²) in [5.41, 5.74) is -3.01. The van der Waals surface area contributed by atoms with Crippen LogP contribution in [0.5, 0.6) is 5.75 Å². The number of amides is 2. The predicted molar refractivity (Wildman–Crippen MR) is 135 cm³/mol. The first-order chi connectivity index (χ1) is 17.2. The van der Waals surface area contributed by atoms with Crippen molar-refractivity contribution < 1.29 is 32.5 Å². The van der Waals surface area contributed by atoms with Crippen molar-refractivity contribution in [3.63, 3.8) is 0 Å². The number of carbonyl (C=O) groups is 1. The molecule has 2 aromatic rings. The number of benzene rings is 2. The van der Waals surface area contributed by atoms with E-state index in [2.05, 4.69) is 4.74 Å². The molecule has 2 aromatic carbocycles. The molecule has 1 aliphatic heterocycles. The van der Waals surface area contributed by atoms with Crippen LogP contribution in [-0.4, -0.2) is 46.5 Å². The SMILES string of the molecule is COCC1(C)N(c2ccc(Cl)cc2)C(=O)N(C2=CCC(C)(Cl)C=C2)C1(O)c1cccc(OC(F)(F)F)c1. The third kappa shape index (κ3) is 4.93. The maximum atomic E-state index is 14.1. The number of alkyl halides is 4. The van der Waals surface area contributed by atoms with Gasteiger partial charge in [0.05, 0.1) is 11.5 Å². The Hall–Kier alpha value is -2.72. The molecular formula is C26H25Cl2F3N2O4. The van der Waals surface area contributed by atoms with Gasteiger partial charge in [-0.15, -0.1) is 24.8 Å². The molecule has 0 bridgehead atoms. The first-order valence-corrected chi connectivity index (χ1v) is 12.0. The van der Waals surface area contributed by atoms with Crippen LogP contribution in [0.1, 0.15) is 25.8 Å². The van der Waals surface area contributed by atoms with E-state index in [4.69, 9.17) is 27.9 Å². The molecule has 2 amide bonds. The lowest BCUT2D eigenvalue weighted by Gasteiger charge is -2.45. The predicted octanol–water partition coefficient (Wildman–Crippen LogP) is 6.57. The Morgan fingerprint density at radius 1 is 1.11 bits per heavy atom. The molecule has 4 rings (SSSR count). The molecular weight excluding hydrogens is 532 g/mol. The van der Waals surface area contributed by atoms with Gasteiger partial charge in [-0.1, -0.05) is 35.9 Å². The summed E-state index contributed by atoms with van der Waals surface area (Å²) in [7, 11) is 1.40. The Kier molecular flexibility index (Phi) is 7.05. The monoisotopic (exact) mass is 556 g/mol. The summed E-state index contributed by atoms with van der Waals surface area (Å²) >= 11 is 12.5. The van der Waals surface area contributed by atoms with E-state index in [1.165, 1.54) is 24.1 Å². The van der Waals surface area contributed by atoms with Crippen molar-refractivity contribution in [2.75, 3.05) is 18.6 Å². The fourth-order valence-electron chi connectivity index (χ4n) is 4.79. The maximum absolute atomic E-state index is 14.1. The van der Waals surface area contributed by atoms with Crippen molar-refractivity contribution in [3.8, 4) is 5.75 Å². The second-order valence-corrected chi connectivity index (χ2v) is 10.6. The molecule has 1 saturated heterocycles. The molecule has 1 N–H and O–H groups in total. The van der Waals surface area contributed by atoms with Crippen LogP contribution in [0.3, 0.4) is 0 Å².